The van der Waals surface area contributed by atoms with Gasteiger partial charge in [-0.15, -0.1) is 0 Å². The van der Waals surface area contributed by atoms with Gasteiger partial charge in [0.25, 0.3) is 0 Å². The fourth-order valence-electron chi connectivity index (χ4n) is 1.57. The Balaban J connectivity index is 2.01. The van der Waals surface area contributed by atoms with Crippen molar-refractivity contribution in [3.8, 4) is 5.88 Å². The van der Waals surface area contributed by atoms with E-state index >= 15 is 0 Å². The molecule has 1 heterocycles. The van der Waals surface area contributed by atoms with E-state index in [0.717, 1.165) is 12.1 Å². The highest BCUT2D eigenvalue weighted by molar-refractivity contribution is 5.30. The number of anilines is 1. The van der Waals surface area contributed by atoms with Crippen molar-refractivity contribution in [3.63, 3.8) is 0 Å². The van der Waals surface area contributed by atoms with E-state index in [4.69, 9.17) is 4.74 Å². The largest absolute Gasteiger partial charge is 0.475 e. The smallest absolute Gasteiger partial charge is 0.226 e. The molecule has 0 aliphatic carbocycles. The minimum atomic E-state index is -0.873. The molecule has 0 radical (unpaired) electrons. The van der Waals surface area contributed by atoms with Crippen molar-refractivity contribution in [1.82, 2.24) is 9.97 Å². The van der Waals surface area contributed by atoms with E-state index in [1.165, 1.54) is 6.07 Å². The van der Waals surface area contributed by atoms with Crippen molar-refractivity contribution in [2.45, 2.75) is 26.5 Å². The van der Waals surface area contributed by atoms with Gasteiger partial charge in [0.05, 0.1) is 6.10 Å². The summed E-state index contributed by atoms with van der Waals surface area (Å²) >= 11 is 0. The number of nitrogens with zero attached hydrogens (tertiary/aromatic N) is 2. The minimum absolute atomic E-state index is 0.0175. The average Bonchev–Trinajstić information content (AvgIpc) is 2.40. The molecular weight excluding hydrogens is 264 g/mol. The van der Waals surface area contributed by atoms with Crippen molar-refractivity contribution in [3.05, 3.63) is 47.7 Å². The van der Waals surface area contributed by atoms with Crippen LogP contribution in [0.15, 0.2) is 30.5 Å². The van der Waals surface area contributed by atoms with Crippen LogP contribution in [0.4, 0.5) is 14.7 Å². The molecule has 0 bridgehead atoms. The second-order valence-electron chi connectivity index (χ2n) is 4.49. The standard InChI is InChI=1S/C14H15F2N3O/c1-9(2)20-13-5-6-17-14(19-13)18-8-10-3-4-11(15)12(16)7-10/h3-7,9H,8H2,1-2H3,(H,17,18,19). The number of halogens is 2. The van der Waals surface area contributed by atoms with Crippen LogP contribution in [0.1, 0.15) is 19.4 Å². The molecule has 0 atom stereocenters. The fraction of sp³-hybridized carbons (Fsp3) is 0.286. The Kier molecular flexibility index (Phi) is 4.45. The molecule has 4 nitrogen and oxygen atoms in total. The molecule has 0 saturated heterocycles. The molecule has 1 N–H and O–H groups in total. The zero-order valence-electron chi connectivity index (χ0n) is 11.2. The highest BCUT2D eigenvalue weighted by atomic mass is 19.2. The summed E-state index contributed by atoms with van der Waals surface area (Å²) in [4.78, 5) is 8.19. The van der Waals surface area contributed by atoms with Crippen LogP contribution >= 0.6 is 0 Å². The molecule has 0 aliphatic heterocycles. The molecule has 2 rings (SSSR count). The lowest BCUT2D eigenvalue weighted by atomic mass is 10.2. The molecule has 20 heavy (non-hydrogen) atoms. The normalized spacial score (nSPS) is 10.7. The first kappa shape index (κ1) is 14.2. The third kappa shape index (κ3) is 3.88. The molecule has 106 valence electrons. The molecular formula is C14H15F2N3O. The Morgan fingerprint density at radius 2 is 2.00 bits per heavy atom. The number of benzene rings is 1. The van der Waals surface area contributed by atoms with Gasteiger partial charge in [-0.2, -0.15) is 4.98 Å². The van der Waals surface area contributed by atoms with Gasteiger partial charge in [-0.3, -0.25) is 0 Å². The summed E-state index contributed by atoms with van der Waals surface area (Å²) in [5.74, 6) is -0.907. The van der Waals surface area contributed by atoms with E-state index in [1.807, 2.05) is 13.8 Å². The van der Waals surface area contributed by atoms with Crippen LogP contribution in [-0.4, -0.2) is 16.1 Å². The van der Waals surface area contributed by atoms with Crippen molar-refractivity contribution in [2.24, 2.45) is 0 Å². The number of nitrogens with one attached hydrogen (secondary N) is 1. The van der Waals surface area contributed by atoms with Gasteiger partial charge in [-0.1, -0.05) is 6.07 Å². The lowest BCUT2D eigenvalue weighted by Gasteiger charge is -2.10. The van der Waals surface area contributed by atoms with Gasteiger partial charge in [-0.05, 0) is 31.5 Å². The quantitative estimate of drug-likeness (QED) is 0.913. The molecule has 0 aliphatic rings. The third-order valence-corrected chi connectivity index (χ3v) is 2.42. The average molecular weight is 279 g/mol. The molecule has 1 aromatic heterocycles. The van der Waals surface area contributed by atoms with Crippen molar-refractivity contribution in [2.75, 3.05) is 5.32 Å². The van der Waals surface area contributed by atoms with Gasteiger partial charge >= 0.3 is 0 Å². The van der Waals surface area contributed by atoms with E-state index < -0.39 is 11.6 Å². The van der Waals surface area contributed by atoms with Crippen molar-refractivity contribution in [1.29, 1.82) is 0 Å². The van der Waals surface area contributed by atoms with Crippen LogP contribution in [0, 0.1) is 11.6 Å². The Morgan fingerprint density at radius 1 is 1.20 bits per heavy atom. The minimum Gasteiger partial charge on any atom is -0.475 e. The first-order valence-electron chi connectivity index (χ1n) is 6.22. The predicted molar refractivity (Wildman–Crippen MR) is 71.5 cm³/mol. The predicted octanol–water partition coefficient (Wildman–Crippen LogP) is 3.15. The topological polar surface area (TPSA) is 47.0 Å². The van der Waals surface area contributed by atoms with Crippen LogP contribution in [0.2, 0.25) is 0 Å². The number of hydrogen-bond acceptors (Lipinski definition) is 4. The molecule has 0 saturated carbocycles. The number of aromatic nitrogens is 2. The summed E-state index contributed by atoms with van der Waals surface area (Å²) in [6.45, 7) is 4.09. The summed E-state index contributed by atoms with van der Waals surface area (Å²) in [5.41, 5.74) is 0.600. The lowest BCUT2D eigenvalue weighted by Crippen LogP contribution is -2.09. The number of hydrogen-bond donors (Lipinski definition) is 1. The van der Waals surface area contributed by atoms with Crippen LogP contribution in [0.3, 0.4) is 0 Å². The molecule has 0 amide bonds. The number of rotatable bonds is 5. The monoisotopic (exact) mass is 279 g/mol. The Bertz CT molecular complexity index is 590. The van der Waals surface area contributed by atoms with Gasteiger partial charge in [0.2, 0.25) is 11.8 Å². The number of ether oxygens (including phenoxy) is 1. The zero-order chi connectivity index (χ0) is 14.5. The van der Waals surface area contributed by atoms with E-state index in [1.54, 1.807) is 12.3 Å². The van der Waals surface area contributed by atoms with Crippen LogP contribution in [0.25, 0.3) is 0 Å². The van der Waals surface area contributed by atoms with Gasteiger partial charge in [-0.25, -0.2) is 13.8 Å². The maximum Gasteiger partial charge on any atom is 0.226 e. The summed E-state index contributed by atoms with van der Waals surface area (Å²) in [6, 6.07) is 5.38. The molecule has 0 spiro atoms. The second-order valence-corrected chi connectivity index (χ2v) is 4.49. The van der Waals surface area contributed by atoms with Gasteiger partial charge in [0.15, 0.2) is 11.6 Å². The molecule has 0 fully saturated rings. The van der Waals surface area contributed by atoms with Gasteiger partial charge < -0.3 is 10.1 Å². The summed E-state index contributed by atoms with van der Waals surface area (Å²) in [7, 11) is 0. The van der Waals surface area contributed by atoms with E-state index in [0.29, 0.717) is 23.9 Å². The van der Waals surface area contributed by atoms with Crippen molar-refractivity contribution < 1.29 is 13.5 Å². The van der Waals surface area contributed by atoms with E-state index in [2.05, 4.69) is 15.3 Å². The summed E-state index contributed by atoms with van der Waals surface area (Å²) in [5, 5.41) is 2.93. The van der Waals surface area contributed by atoms with E-state index in [-0.39, 0.29) is 6.10 Å². The fourth-order valence-corrected chi connectivity index (χ4v) is 1.57. The highest BCUT2D eigenvalue weighted by Crippen LogP contribution is 2.13. The van der Waals surface area contributed by atoms with Gasteiger partial charge in [0.1, 0.15) is 0 Å². The van der Waals surface area contributed by atoms with Crippen molar-refractivity contribution >= 4 is 5.95 Å². The summed E-state index contributed by atoms with van der Waals surface area (Å²) in [6.07, 6.45) is 1.59. The molecule has 0 unspecified atom stereocenters. The Labute approximate surface area is 115 Å². The van der Waals surface area contributed by atoms with E-state index in [9.17, 15) is 8.78 Å². The Hall–Kier alpha value is -2.24. The first-order chi connectivity index (χ1) is 9.54. The third-order valence-electron chi connectivity index (χ3n) is 2.42. The zero-order valence-corrected chi connectivity index (χ0v) is 11.2. The highest BCUT2D eigenvalue weighted by Gasteiger charge is 2.05. The maximum atomic E-state index is 13.1. The van der Waals surface area contributed by atoms with Crippen LogP contribution in [0.5, 0.6) is 5.88 Å². The SMILES string of the molecule is CC(C)Oc1ccnc(NCc2ccc(F)c(F)c2)n1. The molecule has 2 aromatic rings. The lowest BCUT2D eigenvalue weighted by molar-refractivity contribution is 0.232. The van der Waals surface area contributed by atoms with Crippen LogP contribution in [-0.2, 0) is 6.54 Å². The maximum absolute atomic E-state index is 13.1. The van der Waals surface area contributed by atoms with Gasteiger partial charge in [0, 0.05) is 18.8 Å². The molecule has 1 aromatic carbocycles. The van der Waals surface area contributed by atoms with Crippen LogP contribution < -0.4 is 10.1 Å². The Morgan fingerprint density at radius 3 is 2.70 bits per heavy atom. The first-order valence-corrected chi connectivity index (χ1v) is 6.22. The summed E-state index contributed by atoms with van der Waals surface area (Å²) < 4.78 is 31.3. The molecule has 6 heteroatoms. The second kappa shape index (κ2) is 6.27.